The first-order chi connectivity index (χ1) is 6.93. The van der Waals surface area contributed by atoms with Gasteiger partial charge in [-0.2, -0.15) is 0 Å². The lowest BCUT2D eigenvalue weighted by Gasteiger charge is -2.20. The lowest BCUT2D eigenvalue weighted by atomic mass is 10.5. The minimum Gasteiger partial charge on any atom is -0.512 e. The molecule has 1 N–H and O–H groups in total. The molecule has 0 saturated heterocycles. The van der Waals surface area contributed by atoms with Crippen LogP contribution in [0.25, 0.3) is 0 Å². The maximum Gasteiger partial charge on any atom is 0.328 e. The van der Waals surface area contributed by atoms with E-state index >= 15 is 0 Å². The molecule has 15 heavy (non-hydrogen) atoms. The van der Waals surface area contributed by atoms with E-state index in [1.165, 1.54) is 0 Å². The zero-order chi connectivity index (χ0) is 11.9. The fourth-order valence-electron chi connectivity index (χ4n) is 0.856. The van der Waals surface area contributed by atoms with Gasteiger partial charge in [-0.1, -0.05) is 11.8 Å². The number of hydrogen-bond acceptors (Lipinski definition) is 3. The molecule has 0 amide bonds. The van der Waals surface area contributed by atoms with Crippen LogP contribution in [0.4, 0.5) is 0 Å². The molecule has 4 nitrogen and oxygen atoms in total. The molecule has 0 bridgehead atoms. The molecular weight excluding hydrogens is 212 g/mol. The van der Waals surface area contributed by atoms with Crippen LogP contribution in [0.1, 0.15) is 0 Å². The monoisotopic (exact) mass is 226 g/mol. The third kappa shape index (κ3) is 5.64. The summed E-state index contributed by atoms with van der Waals surface area (Å²) in [6, 6.07) is 0.559. The summed E-state index contributed by atoms with van der Waals surface area (Å²) in [6.45, 7) is 8.95. The Labute approximate surface area is 89.7 Å². The summed E-state index contributed by atoms with van der Waals surface area (Å²) in [7, 11) is -2.31. The van der Waals surface area contributed by atoms with E-state index in [1.807, 2.05) is 0 Å². The van der Waals surface area contributed by atoms with Crippen molar-refractivity contribution >= 4 is 20.3 Å². The van der Waals surface area contributed by atoms with E-state index in [2.05, 4.69) is 13.2 Å². The van der Waals surface area contributed by atoms with Crippen LogP contribution in [0.15, 0.2) is 37.1 Å². The average Bonchev–Trinajstić information content (AvgIpc) is 2.15. The number of carbonyl (C=O) groups is 2. The van der Waals surface area contributed by atoms with Gasteiger partial charge in [-0.15, -0.1) is 13.2 Å². The molecule has 0 aliphatic rings. The maximum absolute atomic E-state index is 11.2. The summed E-state index contributed by atoms with van der Waals surface area (Å²) in [5.74, 6) is -1.84. The van der Waals surface area contributed by atoms with E-state index in [0.29, 0.717) is 6.04 Å². The lowest BCUT2D eigenvalue weighted by molar-refractivity contribution is -0.133. The highest BCUT2D eigenvalue weighted by molar-refractivity contribution is 6.79. The summed E-state index contributed by atoms with van der Waals surface area (Å²) >= 11 is 0. The van der Waals surface area contributed by atoms with Crippen molar-refractivity contribution in [2.75, 3.05) is 0 Å². The second-order valence-corrected chi connectivity index (χ2v) is 6.75. The summed E-state index contributed by atoms with van der Waals surface area (Å²) in [5.41, 5.74) is 1.61. The number of carboxylic acid groups (broad SMARTS) is 1. The van der Waals surface area contributed by atoms with E-state index in [-0.39, 0.29) is 0 Å². The Hall–Kier alpha value is -1.62. The Kier molecular flexibility index (Phi) is 5.33. The lowest BCUT2D eigenvalue weighted by Crippen LogP contribution is -2.33. The third-order valence-corrected chi connectivity index (χ3v) is 4.31. The van der Waals surface area contributed by atoms with Gasteiger partial charge in [0.25, 0.3) is 8.32 Å². The number of carboxylic acids is 1. The van der Waals surface area contributed by atoms with Gasteiger partial charge in [0.15, 0.2) is 0 Å². The quantitative estimate of drug-likeness (QED) is 0.425. The second-order valence-electron chi connectivity index (χ2n) is 3.10. The second kappa shape index (κ2) is 5.97. The van der Waals surface area contributed by atoms with Crippen molar-refractivity contribution in [2.24, 2.45) is 0 Å². The van der Waals surface area contributed by atoms with Crippen LogP contribution >= 0.6 is 0 Å². The molecule has 82 valence electrons. The molecule has 0 aromatic rings. The predicted octanol–water partition coefficient (Wildman–Crippen LogP) is 1.66. The Bertz CT molecular complexity index is 309. The van der Waals surface area contributed by atoms with Crippen LogP contribution in [0.5, 0.6) is 0 Å². The van der Waals surface area contributed by atoms with Crippen LogP contribution in [0.3, 0.4) is 0 Å². The van der Waals surface area contributed by atoms with Crippen molar-refractivity contribution < 1.29 is 19.1 Å². The van der Waals surface area contributed by atoms with Gasteiger partial charge in [-0.25, -0.2) is 9.59 Å². The highest BCUT2D eigenvalue weighted by atomic mass is 28.4. The number of allylic oxidation sites excluding steroid dienone is 1. The van der Waals surface area contributed by atoms with Crippen molar-refractivity contribution in [3.63, 3.8) is 0 Å². The van der Waals surface area contributed by atoms with Crippen LogP contribution in [-0.4, -0.2) is 25.4 Å². The molecular formula is C10H14O4Si. The maximum atomic E-state index is 11.2. The SMILES string of the molecule is C=CC[Si](C)(C=C)OC(=O)/C=C\C(=O)O. The Morgan fingerprint density at radius 3 is 2.40 bits per heavy atom. The van der Waals surface area contributed by atoms with Gasteiger partial charge in [0.2, 0.25) is 0 Å². The van der Waals surface area contributed by atoms with Crippen LogP contribution in [0.2, 0.25) is 12.6 Å². The molecule has 0 aliphatic carbocycles. The third-order valence-electron chi connectivity index (χ3n) is 1.68. The van der Waals surface area contributed by atoms with Crippen LogP contribution in [0, 0.1) is 0 Å². The highest BCUT2D eigenvalue weighted by Gasteiger charge is 2.27. The molecule has 5 heteroatoms. The van der Waals surface area contributed by atoms with Crippen LogP contribution < -0.4 is 0 Å². The summed E-state index contributed by atoms with van der Waals surface area (Å²) < 4.78 is 5.14. The standard InChI is InChI=1S/C10H14O4Si/c1-4-8-15(3,5-2)14-10(13)7-6-9(11)12/h4-7H,1-2,8H2,3H3,(H,11,12)/b7-6-. The van der Waals surface area contributed by atoms with Gasteiger partial charge in [0.1, 0.15) is 0 Å². The predicted molar refractivity (Wildman–Crippen MR) is 59.7 cm³/mol. The molecule has 0 aromatic carbocycles. The van der Waals surface area contributed by atoms with Gasteiger partial charge in [-0.3, -0.25) is 0 Å². The summed E-state index contributed by atoms with van der Waals surface area (Å²) in [6.07, 6.45) is 3.29. The van der Waals surface area contributed by atoms with E-state index in [1.54, 1.807) is 18.3 Å². The van der Waals surface area contributed by atoms with E-state index in [9.17, 15) is 9.59 Å². The largest absolute Gasteiger partial charge is 0.512 e. The molecule has 0 saturated carbocycles. The van der Waals surface area contributed by atoms with Gasteiger partial charge in [0.05, 0.1) is 0 Å². The molecule has 0 aromatic heterocycles. The molecule has 1 unspecified atom stereocenters. The topological polar surface area (TPSA) is 63.6 Å². The molecule has 0 radical (unpaired) electrons. The zero-order valence-corrected chi connectivity index (χ0v) is 9.60. The van der Waals surface area contributed by atoms with E-state index < -0.39 is 20.3 Å². The molecule has 1 atom stereocenters. The molecule has 0 heterocycles. The molecule has 0 aliphatic heterocycles. The van der Waals surface area contributed by atoms with Crippen molar-refractivity contribution in [1.29, 1.82) is 0 Å². The van der Waals surface area contributed by atoms with Gasteiger partial charge in [-0.05, 0) is 12.6 Å². The van der Waals surface area contributed by atoms with E-state index in [0.717, 1.165) is 12.2 Å². The minimum absolute atomic E-state index is 0.559. The summed E-state index contributed by atoms with van der Waals surface area (Å²) in [4.78, 5) is 21.3. The van der Waals surface area contributed by atoms with Crippen LogP contribution in [-0.2, 0) is 14.0 Å². The van der Waals surface area contributed by atoms with Crippen molar-refractivity contribution in [3.05, 3.63) is 37.1 Å². The fraction of sp³-hybridized carbons (Fsp3) is 0.200. The normalized spacial score (nSPS) is 14.2. The Balaban J connectivity index is 4.42. The number of rotatable bonds is 6. The number of carbonyl (C=O) groups excluding carboxylic acids is 1. The summed E-state index contributed by atoms with van der Waals surface area (Å²) in [5, 5.41) is 8.30. The Morgan fingerprint density at radius 1 is 1.40 bits per heavy atom. The van der Waals surface area contributed by atoms with Gasteiger partial charge >= 0.3 is 11.9 Å². The Morgan fingerprint density at radius 2 is 2.00 bits per heavy atom. The van der Waals surface area contributed by atoms with E-state index in [4.69, 9.17) is 9.53 Å². The van der Waals surface area contributed by atoms with Crippen molar-refractivity contribution in [3.8, 4) is 0 Å². The molecule has 0 rings (SSSR count). The first-order valence-electron chi connectivity index (χ1n) is 4.32. The fourth-order valence-corrected chi connectivity index (χ4v) is 2.29. The zero-order valence-electron chi connectivity index (χ0n) is 8.60. The first-order valence-corrected chi connectivity index (χ1v) is 7.01. The first kappa shape index (κ1) is 13.4. The van der Waals surface area contributed by atoms with Gasteiger partial charge in [0, 0.05) is 12.2 Å². The van der Waals surface area contributed by atoms with Gasteiger partial charge < -0.3 is 9.53 Å². The smallest absolute Gasteiger partial charge is 0.328 e. The number of aliphatic carboxylic acids is 1. The molecule has 0 spiro atoms. The number of hydrogen-bond donors (Lipinski definition) is 1. The average molecular weight is 226 g/mol. The minimum atomic E-state index is -2.31. The molecule has 0 fully saturated rings. The van der Waals surface area contributed by atoms with Crippen molar-refractivity contribution in [1.82, 2.24) is 0 Å². The highest BCUT2D eigenvalue weighted by Crippen LogP contribution is 2.13. The van der Waals surface area contributed by atoms with Crippen molar-refractivity contribution in [2.45, 2.75) is 12.6 Å².